The monoisotopic (exact) mass is 453 g/mol. The first-order valence-corrected chi connectivity index (χ1v) is 9.39. The minimum Gasteiger partial charge on any atom is -0.203 e. The van der Waals surface area contributed by atoms with Crippen molar-refractivity contribution < 1.29 is 21.6 Å². The molecule has 10 heteroatoms. The summed E-state index contributed by atoms with van der Waals surface area (Å²) in [5.74, 6) is 0. The van der Waals surface area contributed by atoms with Crippen molar-refractivity contribution in [1.82, 2.24) is 4.72 Å². The van der Waals surface area contributed by atoms with E-state index in [0.29, 0.717) is 9.75 Å². The summed E-state index contributed by atoms with van der Waals surface area (Å²) in [5, 5.41) is 3.39. The maximum atomic E-state index is 12.5. The van der Waals surface area contributed by atoms with Gasteiger partial charge in [-0.15, -0.1) is 22.7 Å². The van der Waals surface area contributed by atoms with Crippen LogP contribution in [0.5, 0.6) is 0 Å². The van der Waals surface area contributed by atoms with Gasteiger partial charge in [-0.2, -0.15) is 17.9 Å². The van der Waals surface area contributed by atoms with E-state index in [1.54, 1.807) is 33.7 Å². The van der Waals surface area contributed by atoms with Gasteiger partial charge in [0, 0.05) is 13.3 Å². The van der Waals surface area contributed by atoms with Crippen molar-refractivity contribution in [1.29, 1.82) is 0 Å². The van der Waals surface area contributed by atoms with E-state index in [-0.39, 0.29) is 0 Å². The van der Waals surface area contributed by atoms with Crippen LogP contribution in [0.3, 0.4) is 0 Å². The molecule has 2 heterocycles. The molecule has 1 atom stereocenters. The topological polar surface area (TPSA) is 46.2 Å². The summed E-state index contributed by atoms with van der Waals surface area (Å²) in [6, 6.07) is 3.97. The number of alkyl halides is 3. The van der Waals surface area contributed by atoms with Gasteiger partial charge < -0.3 is 0 Å². The Morgan fingerprint density at radius 1 is 1.20 bits per heavy atom. The average Bonchev–Trinajstić information content (AvgIpc) is 2.95. The zero-order valence-electron chi connectivity index (χ0n) is 9.52. The van der Waals surface area contributed by atoms with E-state index in [0.717, 1.165) is 3.57 Å². The Kier molecular flexibility index (Phi) is 4.79. The van der Waals surface area contributed by atoms with Gasteiger partial charge in [0.2, 0.25) is 0 Å². The van der Waals surface area contributed by atoms with E-state index in [1.807, 2.05) is 22.6 Å². The summed E-state index contributed by atoms with van der Waals surface area (Å²) in [4.78, 5) is 1.05. The van der Waals surface area contributed by atoms with Crippen molar-refractivity contribution in [3.8, 4) is 0 Å². The van der Waals surface area contributed by atoms with Gasteiger partial charge in [-0.25, -0.2) is 8.42 Å². The highest BCUT2D eigenvalue weighted by Crippen LogP contribution is 2.35. The van der Waals surface area contributed by atoms with Crippen molar-refractivity contribution in [2.45, 2.75) is 11.6 Å². The number of rotatable bonds is 4. The summed E-state index contributed by atoms with van der Waals surface area (Å²) in [6.45, 7) is 0. The zero-order valence-corrected chi connectivity index (χ0v) is 14.1. The van der Waals surface area contributed by atoms with E-state index in [2.05, 4.69) is 0 Å². The predicted octanol–water partition coefficient (Wildman–Crippen LogP) is 3.94. The lowest BCUT2D eigenvalue weighted by molar-refractivity contribution is -0.0449. The molecule has 3 nitrogen and oxygen atoms in total. The number of hydrogen-bond acceptors (Lipinski definition) is 4. The molecule has 0 aliphatic heterocycles. The first-order chi connectivity index (χ1) is 9.22. The highest BCUT2D eigenvalue weighted by atomic mass is 127. The first kappa shape index (κ1) is 16.2. The van der Waals surface area contributed by atoms with E-state index in [1.165, 1.54) is 22.7 Å². The van der Waals surface area contributed by atoms with Gasteiger partial charge in [0.25, 0.3) is 0 Å². The number of nitrogens with one attached hydrogen (secondary N) is 1. The van der Waals surface area contributed by atoms with Gasteiger partial charge in [-0.05, 0) is 45.5 Å². The molecule has 1 N–H and O–H groups in total. The molecule has 2 rings (SSSR count). The van der Waals surface area contributed by atoms with Gasteiger partial charge in [0.1, 0.15) is 0 Å². The molecule has 0 aliphatic carbocycles. The van der Waals surface area contributed by atoms with E-state index < -0.39 is 21.6 Å². The normalized spacial score (nSPS) is 14.4. The molecule has 1 unspecified atom stereocenters. The summed E-state index contributed by atoms with van der Waals surface area (Å²) in [5.41, 5.74) is -5.33. The molecule has 2 aromatic rings. The molecule has 20 heavy (non-hydrogen) atoms. The van der Waals surface area contributed by atoms with E-state index >= 15 is 0 Å². The number of thiophene rings is 2. The van der Waals surface area contributed by atoms with Gasteiger partial charge in [0.05, 0.1) is 6.04 Å². The molecule has 0 aliphatic rings. The van der Waals surface area contributed by atoms with Gasteiger partial charge >= 0.3 is 15.5 Å². The maximum absolute atomic E-state index is 12.5. The molecule has 2 aromatic heterocycles. The minimum atomic E-state index is -5.41. The number of hydrogen-bond donors (Lipinski definition) is 1. The van der Waals surface area contributed by atoms with Crippen LogP contribution in [0, 0.1) is 3.57 Å². The number of halogens is 4. The smallest absolute Gasteiger partial charge is 0.203 e. The summed E-state index contributed by atoms with van der Waals surface area (Å²) in [7, 11) is -5.41. The van der Waals surface area contributed by atoms with Crippen molar-refractivity contribution in [3.05, 3.63) is 42.3 Å². The van der Waals surface area contributed by atoms with Crippen LogP contribution in [0.4, 0.5) is 13.2 Å². The van der Waals surface area contributed by atoms with Crippen LogP contribution in [0.1, 0.15) is 15.8 Å². The molecule has 0 amide bonds. The molecule has 0 radical (unpaired) electrons. The molecule has 0 bridgehead atoms. The minimum absolute atomic E-state index is 0.512. The van der Waals surface area contributed by atoms with E-state index in [4.69, 9.17) is 0 Å². The lowest BCUT2D eigenvalue weighted by atomic mass is 10.2. The van der Waals surface area contributed by atoms with Crippen LogP contribution in [0.15, 0.2) is 29.0 Å². The molecule has 0 saturated heterocycles. The van der Waals surface area contributed by atoms with Crippen LogP contribution in [0.2, 0.25) is 0 Å². The van der Waals surface area contributed by atoms with Crippen molar-refractivity contribution in [2.24, 2.45) is 0 Å². The standard InChI is InChI=1S/C10H7F3INO2S3/c11-10(12,13)20(16,17)15-8(7-2-1-4-18-7)9-6(14)3-5-19-9/h1-5,8,15H. The summed E-state index contributed by atoms with van der Waals surface area (Å²) < 4.78 is 62.7. The van der Waals surface area contributed by atoms with Crippen LogP contribution in [0.25, 0.3) is 0 Å². The maximum Gasteiger partial charge on any atom is 0.511 e. The fourth-order valence-electron chi connectivity index (χ4n) is 1.43. The van der Waals surface area contributed by atoms with Gasteiger partial charge in [-0.3, -0.25) is 0 Å². The molecule has 0 spiro atoms. The van der Waals surface area contributed by atoms with Crippen molar-refractivity contribution in [3.63, 3.8) is 0 Å². The fraction of sp³-hybridized carbons (Fsp3) is 0.200. The molecule has 0 aromatic carbocycles. The lowest BCUT2D eigenvalue weighted by Gasteiger charge is -2.18. The van der Waals surface area contributed by atoms with Gasteiger partial charge in [0.15, 0.2) is 0 Å². The zero-order chi connectivity index (χ0) is 15.0. The molecule has 0 fully saturated rings. The number of sulfonamides is 1. The largest absolute Gasteiger partial charge is 0.511 e. The van der Waals surface area contributed by atoms with E-state index in [9.17, 15) is 21.6 Å². The highest BCUT2D eigenvalue weighted by Gasteiger charge is 2.47. The Hall–Kier alpha value is -0.170. The fourth-order valence-corrected chi connectivity index (χ4v) is 5.10. The Morgan fingerprint density at radius 3 is 2.35 bits per heavy atom. The van der Waals surface area contributed by atoms with Crippen LogP contribution >= 0.6 is 45.3 Å². The Labute approximate surface area is 135 Å². The quantitative estimate of drug-likeness (QED) is 0.714. The van der Waals surface area contributed by atoms with Crippen LogP contribution < -0.4 is 4.72 Å². The third kappa shape index (κ3) is 3.35. The van der Waals surface area contributed by atoms with Crippen molar-refractivity contribution >= 4 is 55.3 Å². The SMILES string of the molecule is O=S(=O)(NC(c1cccs1)c1sccc1I)C(F)(F)F. The molecular weight excluding hydrogens is 446 g/mol. The molecule has 110 valence electrons. The third-order valence-electron chi connectivity index (χ3n) is 2.31. The third-order valence-corrected chi connectivity index (χ3v) is 6.69. The molecule has 0 saturated carbocycles. The summed E-state index contributed by atoms with van der Waals surface area (Å²) >= 11 is 4.38. The Morgan fingerprint density at radius 2 is 1.90 bits per heavy atom. The van der Waals surface area contributed by atoms with Crippen molar-refractivity contribution in [2.75, 3.05) is 0 Å². The second kappa shape index (κ2) is 5.91. The lowest BCUT2D eigenvalue weighted by Crippen LogP contribution is -2.38. The second-order valence-electron chi connectivity index (χ2n) is 3.65. The highest BCUT2D eigenvalue weighted by molar-refractivity contribution is 14.1. The Bertz CT molecular complexity index is 679. The second-order valence-corrected chi connectivity index (χ2v) is 8.44. The van der Waals surface area contributed by atoms with Crippen LogP contribution in [-0.2, 0) is 10.0 Å². The van der Waals surface area contributed by atoms with Crippen LogP contribution in [-0.4, -0.2) is 13.9 Å². The molecular formula is C10H7F3INO2S3. The van der Waals surface area contributed by atoms with Gasteiger partial charge in [-0.1, -0.05) is 6.07 Å². The summed E-state index contributed by atoms with van der Waals surface area (Å²) in [6.07, 6.45) is 0. The Balaban J connectivity index is 2.43. The predicted molar refractivity (Wildman–Crippen MR) is 81.3 cm³/mol. The average molecular weight is 453 g/mol. The first-order valence-electron chi connectivity index (χ1n) is 5.07.